The van der Waals surface area contributed by atoms with Crippen LogP contribution >= 0.6 is 0 Å². The van der Waals surface area contributed by atoms with Crippen LogP contribution in [0.5, 0.6) is 0 Å². The Morgan fingerprint density at radius 1 is 1.37 bits per heavy atom. The number of hydrogen-bond donors (Lipinski definition) is 1. The van der Waals surface area contributed by atoms with E-state index in [1.165, 1.54) is 25.7 Å². The first-order chi connectivity index (χ1) is 9.14. The third-order valence-electron chi connectivity index (χ3n) is 4.88. The fourth-order valence-corrected chi connectivity index (χ4v) is 3.74. The Labute approximate surface area is 117 Å². The predicted molar refractivity (Wildman–Crippen MR) is 79.0 cm³/mol. The number of aromatic nitrogens is 2. The van der Waals surface area contributed by atoms with Crippen LogP contribution in [-0.4, -0.2) is 39.1 Å². The lowest BCUT2D eigenvalue weighted by atomic mass is 9.84. The van der Waals surface area contributed by atoms with Crippen molar-refractivity contribution in [1.29, 1.82) is 0 Å². The second kappa shape index (κ2) is 6.06. The number of rotatable bonds is 6. The Morgan fingerprint density at radius 3 is 2.47 bits per heavy atom. The summed E-state index contributed by atoms with van der Waals surface area (Å²) in [6, 6.07) is 0.177. The summed E-state index contributed by atoms with van der Waals surface area (Å²) in [6.45, 7) is 6.67. The van der Waals surface area contributed by atoms with Gasteiger partial charge in [0.25, 0.3) is 0 Å². The molecule has 0 aromatic carbocycles. The highest BCUT2D eigenvalue weighted by molar-refractivity contribution is 5.06. The third kappa shape index (κ3) is 2.70. The Hall–Kier alpha value is -0.870. The van der Waals surface area contributed by atoms with Gasteiger partial charge in [-0.1, -0.05) is 26.7 Å². The number of aryl methyl sites for hydroxylation is 1. The third-order valence-corrected chi connectivity index (χ3v) is 4.88. The van der Waals surface area contributed by atoms with E-state index in [-0.39, 0.29) is 11.6 Å². The molecule has 4 heteroatoms. The summed E-state index contributed by atoms with van der Waals surface area (Å²) in [7, 11) is 2.05. The number of imidazole rings is 1. The molecule has 0 spiro atoms. The lowest BCUT2D eigenvalue weighted by molar-refractivity contribution is 0.0763. The first-order valence-electron chi connectivity index (χ1n) is 7.61. The molecule has 1 fully saturated rings. The summed E-state index contributed by atoms with van der Waals surface area (Å²) in [5.74, 6) is 1.10. The minimum absolute atomic E-state index is 0.177. The SMILES string of the molecule is CCN(CC)C1(C(N)Cc2nccn2C)CCCC1. The van der Waals surface area contributed by atoms with Gasteiger partial charge >= 0.3 is 0 Å². The monoisotopic (exact) mass is 264 g/mol. The van der Waals surface area contributed by atoms with Crippen LogP contribution in [0.1, 0.15) is 45.4 Å². The molecule has 4 nitrogen and oxygen atoms in total. The standard InChI is InChI=1S/C15H28N4/c1-4-19(5-2)15(8-6-7-9-15)13(16)12-14-17-10-11-18(14)3/h10-11,13H,4-9,12,16H2,1-3H3. The quantitative estimate of drug-likeness (QED) is 0.854. The predicted octanol–water partition coefficient (Wildman–Crippen LogP) is 1.94. The molecule has 1 unspecified atom stereocenters. The van der Waals surface area contributed by atoms with E-state index in [2.05, 4.69) is 28.3 Å². The van der Waals surface area contributed by atoms with E-state index in [0.29, 0.717) is 0 Å². The molecule has 0 aliphatic heterocycles. The van der Waals surface area contributed by atoms with Gasteiger partial charge in [-0.25, -0.2) is 4.98 Å². The highest BCUT2D eigenvalue weighted by Gasteiger charge is 2.43. The highest BCUT2D eigenvalue weighted by Crippen LogP contribution is 2.38. The molecule has 1 saturated carbocycles. The van der Waals surface area contributed by atoms with Gasteiger partial charge in [0, 0.05) is 37.4 Å². The van der Waals surface area contributed by atoms with Gasteiger partial charge in [-0.3, -0.25) is 4.90 Å². The first kappa shape index (κ1) is 14.5. The number of hydrogen-bond acceptors (Lipinski definition) is 3. The zero-order valence-corrected chi connectivity index (χ0v) is 12.6. The van der Waals surface area contributed by atoms with Gasteiger partial charge in [-0.2, -0.15) is 0 Å². The minimum atomic E-state index is 0.177. The van der Waals surface area contributed by atoms with E-state index in [1.54, 1.807) is 0 Å². The second-order valence-corrected chi connectivity index (χ2v) is 5.75. The van der Waals surface area contributed by atoms with Crippen LogP contribution in [0.2, 0.25) is 0 Å². The summed E-state index contributed by atoms with van der Waals surface area (Å²) in [5.41, 5.74) is 6.82. The number of nitrogens with zero attached hydrogens (tertiary/aromatic N) is 3. The minimum Gasteiger partial charge on any atom is -0.338 e. The molecule has 2 N–H and O–H groups in total. The largest absolute Gasteiger partial charge is 0.338 e. The van der Waals surface area contributed by atoms with Crippen molar-refractivity contribution in [3.05, 3.63) is 18.2 Å². The van der Waals surface area contributed by atoms with Crippen molar-refractivity contribution in [3.63, 3.8) is 0 Å². The lowest BCUT2D eigenvalue weighted by Gasteiger charge is -2.44. The van der Waals surface area contributed by atoms with Crippen LogP contribution in [0.25, 0.3) is 0 Å². The fourth-order valence-electron chi connectivity index (χ4n) is 3.74. The summed E-state index contributed by atoms with van der Waals surface area (Å²) < 4.78 is 2.09. The molecule has 1 aliphatic carbocycles. The average Bonchev–Trinajstić information content (AvgIpc) is 3.02. The molecule has 0 saturated heterocycles. The van der Waals surface area contributed by atoms with Gasteiger partial charge in [-0.05, 0) is 25.9 Å². The highest BCUT2D eigenvalue weighted by atomic mass is 15.2. The Bertz CT molecular complexity index is 389. The summed E-state index contributed by atoms with van der Waals surface area (Å²) >= 11 is 0. The normalized spacial score (nSPS) is 20.1. The summed E-state index contributed by atoms with van der Waals surface area (Å²) in [4.78, 5) is 7.01. The summed E-state index contributed by atoms with van der Waals surface area (Å²) in [6.07, 6.45) is 9.83. The van der Waals surface area contributed by atoms with Crippen LogP contribution in [-0.2, 0) is 13.5 Å². The van der Waals surface area contributed by atoms with Crippen molar-refractivity contribution in [3.8, 4) is 0 Å². The molecular formula is C15H28N4. The zero-order valence-electron chi connectivity index (χ0n) is 12.6. The van der Waals surface area contributed by atoms with E-state index in [1.807, 2.05) is 19.4 Å². The van der Waals surface area contributed by atoms with Crippen LogP contribution in [0, 0.1) is 0 Å². The van der Waals surface area contributed by atoms with Crippen molar-refractivity contribution in [2.24, 2.45) is 12.8 Å². The smallest absolute Gasteiger partial charge is 0.109 e. The molecule has 1 aromatic rings. The molecule has 19 heavy (non-hydrogen) atoms. The fraction of sp³-hybridized carbons (Fsp3) is 0.800. The van der Waals surface area contributed by atoms with Crippen molar-refractivity contribution in [2.45, 2.75) is 57.5 Å². The summed E-state index contributed by atoms with van der Waals surface area (Å²) in [5, 5.41) is 0. The maximum atomic E-state index is 6.63. The van der Waals surface area contributed by atoms with Crippen molar-refractivity contribution >= 4 is 0 Å². The molecule has 1 atom stereocenters. The maximum Gasteiger partial charge on any atom is 0.109 e. The zero-order chi connectivity index (χ0) is 13.9. The average molecular weight is 264 g/mol. The van der Waals surface area contributed by atoms with Crippen LogP contribution < -0.4 is 5.73 Å². The van der Waals surface area contributed by atoms with Crippen molar-refractivity contribution < 1.29 is 0 Å². The van der Waals surface area contributed by atoms with Crippen LogP contribution in [0.4, 0.5) is 0 Å². The maximum absolute atomic E-state index is 6.63. The molecule has 1 aromatic heterocycles. The topological polar surface area (TPSA) is 47.1 Å². The van der Waals surface area contributed by atoms with Gasteiger partial charge in [0.05, 0.1) is 0 Å². The lowest BCUT2D eigenvalue weighted by Crippen LogP contribution is -2.59. The molecule has 0 bridgehead atoms. The Morgan fingerprint density at radius 2 is 2.00 bits per heavy atom. The van der Waals surface area contributed by atoms with E-state index in [0.717, 1.165) is 25.3 Å². The Kier molecular flexibility index (Phi) is 4.63. The molecular weight excluding hydrogens is 236 g/mol. The molecule has 1 heterocycles. The van der Waals surface area contributed by atoms with Crippen LogP contribution in [0.15, 0.2) is 12.4 Å². The van der Waals surface area contributed by atoms with Crippen molar-refractivity contribution in [2.75, 3.05) is 13.1 Å². The van der Waals surface area contributed by atoms with Gasteiger partial charge < -0.3 is 10.3 Å². The molecule has 0 radical (unpaired) electrons. The van der Waals surface area contributed by atoms with E-state index < -0.39 is 0 Å². The molecule has 1 aliphatic rings. The second-order valence-electron chi connectivity index (χ2n) is 5.75. The van der Waals surface area contributed by atoms with Crippen molar-refractivity contribution in [1.82, 2.24) is 14.5 Å². The number of likely N-dealkylation sites (N-methyl/N-ethyl adjacent to an activating group) is 1. The van der Waals surface area contributed by atoms with Crippen LogP contribution in [0.3, 0.4) is 0 Å². The van der Waals surface area contributed by atoms with E-state index in [4.69, 9.17) is 5.73 Å². The first-order valence-corrected chi connectivity index (χ1v) is 7.61. The van der Waals surface area contributed by atoms with Gasteiger partial charge in [0.1, 0.15) is 5.82 Å². The van der Waals surface area contributed by atoms with Gasteiger partial charge in [-0.15, -0.1) is 0 Å². The molecule has 108 valence electrons. The Balaban J connectivity index is 2.17. The molecule has 2 rings (SSSR count). The van der Waals surface area contributed by atoms with Gasteiger partial charge in [0.15, 0.2) is 0 Å². The number of nitrogens with two attached hydrogens (primary N) is 1. The van der Waals surface area contributed by atoms with E-state index >= 15 is 0 Å². The van der Waals surface area contributed by atoms with Gasteiger partial charge in [0.2, 0.25) is 0 Å². The molecule has 0 amide bonds. The van der Waals surface area contributed by atoms with E-state index in [9.17, 15) is 0 Å².